The maximum atomic E-state index is 5.67. The molecule has 1 heterocycles. The van der Waals surface area contributed by atoms with Gasteiger partial charge in [-0.05, 0) is 6.42 Å². The Kier molecular flexibility index (Phi) is 3.69. The van der Waals surface area contributed by atoms with Crippen LogP contribution in [0.1, 0.15) is 20.3 Å². The molecule has 0 N–H and O–H groups in total. The maximum absolute atomic E-state index is 5.67. The van der Waals surface area contributed by atoms with E-state index in [1.165, 1.54) is 6.42 Å². The van der Waals surface area contributed by atoms with Gasteiger partial charge in [-0.15, -0.1) is 11.3 Å². The van der Waals surface area contributed by atoms with Crippen LogP contribution in [0.15, 0.2) is 9.72 Å². The molecular weight excluding hydrogens is 198 g/mol. The van der Waals surface area contributed by atoms with Gasteiger partial charge in [0.15, 0.2) is 4.34 Å². The van der Waals surface area contributed by atoms with E-state index in [1.807, 2.05) is 5.38 Å². The zero-order valence-electron chi connectivity index (χ0n) is 6.50. The van der Waals surface area contributed by atoms with Gasteiger partial charge in [-0.3, -0.25) is 0 Å². The summed E-state index contributed by atoms with van der Waals surface area (Å²) in [5.74, 6) is 0. The van der Waals surface area contributed by atoms with Gasteiger partial charge in [-0.2, -0.15) is 0 Å². The lowest BCUT2D eigenvalue weighted by molar-refractivity contribution is 0.904. The number of thioether (sulfide) groups is 1. The highest BCUT2D eigenvalue weighted by molar-refractivity contribution is 8.01. The molecule has 62 valence electrons. The Morgan fingerprint density at radius 1 is 1.82 bits per heavy atom. The Balaban J connectivity index is 2.50. The second-order valence-electron chi connectivity index (χ2n) is 2.27. The Labute approximate surface area is 80.2 Å². The van der Waals surface area contributed by atoms with E-state index >= 15 is 0 Å². The molecule has 0 radical (unpaired) electrons. The summed E-state index contributed by atoms with van der Waals surface area (Å²) >= 11 is 9.07. The van der Waals surface area contributed by atoms with Gasteiger partial charge < -0.3 is 0 Å². The largest absolute Gasteiger partial charge is 0.218 e. The van der Waals surface area contributed by atoms with Crippen LogP contribution in [0.4, 0.5) is 0 Å². The molecule has 0 aliphatic heterocycles. The van der Waals surface area contributed by atoms with Gasteiger partial charge in [-0.1, -0.05) is 37.2 Å². The molecule has 0 amide bonds. The van der Waals surface area contributed by atoms with E-state index in [4.69, 9.17) is 11.6 Å². The van der Waals surface area contributed by atoms with Crippen LogP contribution in [-0.2, 0) is 0 Å². The molecule has 11 heavy (non-hydrogen) atoms. The summed E-state index contributed by atoms with van der Waals surface area (Å²) in [6, 6.07) is 0. The van der Waals surface area contributed by atoms with Crippen LogP contribution in [-0.4, -0.2) is 10.2 Å². The molecule has 1 rings (SSSR count). The van der Waals surface area contributed by atoms with E-state index in [2.05, 4.69) is 18.8 Å². The number of nitrogens with zero attached hydrogens (tertiary/aromatic N) is 1. The fourth-order valence-corrected chi connectivity index (χ4v) is 2.79. The first-order chi connectivity index (χ1) is 5.22. The highest BCUT2D eigenvalue weighted by Crippen LogP contribution is 2.29. The van der Waals surface area contributed by atoms with Gasteiger partial charge in [0, 0.05) is 10.6 Å². The molecule has 0 aliphatic carbocycles. The van der Waals surface area contributed by atoms with Crippen molar-refractivity contribution in [2.45, 2.75) is 29.9 Å². The summed E-state index contributed by atoms with van der Waals surface area (Å²) in [4.78, 5) is 4.15. The lowest BCUT2D eigenvalue weighted by atomic mass is 10.4. The monoisotopic (exact) mass is 207 g/mol. The van der Waals surface area contributed by atoms with E-state index < -0.39 is 0 Å². The second-order valence-corrected chi connectivity index (χ2v) is 5.20. The van der Waals surface area contributed by atoms with Crippen molar-refractivity contribution in [1.29, 1.82) is 0 Å². The SMILES string of the molecule is CCC(C)Sc1nc(Cl)cs1. The summed E-state index contributed by atoms with van der Waals surface area (Å²) in [6.07, 6.45) is 1.17. The van der Waals surface area contributed by atoms with Gasteiger partial charge in [0.1, 0.15) is 5.15 Å². The topological polar surface area (TPSA) is 12.9 Å². The molecule has 1 unspecified atom stereocenters. The normalized spacial score (nSPS) is 13.4. The van der Waals surface area contributed by atoms with Gasteiger partial charge in [0.25, 0.3) is 0 Å². The average molecular weight is 208 g/mol. The number of hydrogen-bond donors (Lipinski definition) is 0. The molecule has 0 spiro atoms. The van der Waals surface area contributed by atoms with Crippen molar-refractivity contribution < 1.29 is 0 Å². The van der Waals surface area contributed by atoms with Crippen LogP contribution in [0.5, 0.6) is 0 Å². The van der Waals surface area contributed by atoms with Crippen molar-refractivity contribution in [2.75, 3.05) is 0 Å². The van der Waals surface area contributed by atoms with E-state index in [0.29, 0.717) is 10.4 Å². The standard InChI is InChI=1S/C7H10ClNS2/c1-3-5(2)11-7-9-6(8)4-10-7/h4-5H,3H2,1-2H3. The third-order valence-corrected chi connectivity index (χ3v) is 3.90. The van der Waals surface area contributed by atoms with E-state index in [-0.39, 0.29) is 0 Å². The van der Waals surface area contributed by atoms with E-state index in [0.717, 1.165) is 4.34 Å². The third-order valence-electron chi connectivity index (χ3n) is 1.33. The van der Waals surface area contributed by atoms with Crippen molar-refractivity contribution in [3.05, 3.63) is 10.5 Å². The van der Waals surface area contributed by atoms with Gasteiger partial charge in [-0.25, -0.2) is 4.98 Å². The lowest BCUT2D eigenvalue weighted by Crippen LogP contribution is -1.90. The number of hydrogen-bond acceptors (Lipinski definition) is 3. The van der Waals surface area contributed by atoms with Crippen molar-refractivity contribution >= 4 is 34.7 Å². The van der Waals surface area contributed by atoms with Crippen LogP contribution in [0, 0.1) is 0 Å². The van der Waals surface area contributed by atoms with Crippen molar-refractivity contribution in [1.82, 2.24) is 4.98 Å². The molecule has 1 nitrogen and oxygen atoms in total. The first-order valence-corrected chi connectivity index (χ1v) is 5.63. The minimum absolute atomic E-state index is 0.612. The van der Waals surface area contributed by atoms with Crippen LogP contribution in [0.2, 0.25) is 5.15 Å². The quantitative estimate of drug-likeness (QED) is 0.702. The molecule has 0 aliphatic rings. The van der Waals surface area contributed by atoms with Gasteiger partial charge in [0.2, 0.25) is 0 Å². The highest BCUT2D eigenvalue weighted by Gasteiger charge is 2.04. The number of halogens is 1. The minimum Gasteiger partial charge on any atom is -0.218 e. The zero-order valence-corrected chi connectivity index (χ0v) is 8.89. The predicted octanol–water partition coefficient (Wildman–Crippen LogP) is 3.69. The lowest BCUT2D eigenvalue weighted by Gasteiger charge is -2.02. The maximum Gasteiger partial charge on any atom is 0.151 e. The molecule has 0 saturated carbocycles. The van der Waals surface area contributed by atoms with Crippen molar-refractivity contribution in [3.63, 3.8) is 0 Å². The molecule has 0 bridgehead atoms. The Hall–Kier alpha value is 0.270. The van der Waals surface area contributed by atoms with Crippen LogP contribution in [0.25, 0.3) is 0 Å². The Bertz CT molecular complexity index is 224. The zero-order chi connectivity index (χ0) is 8.27. The summed E-state index contributed by atoms with van der Waals surface area (Å²) in [6.45, 7) is 4.37. The summed E-state index contributed by atoms with van der Waals surface area (Å²) in [5, 5.41) is 3.12. The van der Waals surface area contributed by atoms with Crippen LogP contribution >= 0.6 is 34.7 Å². The molecular formula is C7H10ClNS2. The van der Waals surface area contributed by atoms with Crippen molar-refractivity contribution in [2.24, 2.45) is 0 Å². The Morgan fingerprint density at radius 2 is 2.55 bits per heavy atom. The highest BCUT2D eigenvalue weighted by atomic mass is 35.5. The third kappa shape index (κ3) is 3.01. The molecule has 0 saturated heterocycles. The first-order valence-electron chi connectivity index (χ1n) is 3.50. The smallest absolute Gasteiger partial charge is 0.151 e. The number of thiazole rings is 1. The fraction of sp³-hybridized carbons (Fsp3) is 0.571. The van der Waals surface area contributed by atoms with E-state index in [1.54, 1.807) is 23.1 Å². The second kappa shape index (κ2) is 4.33. The molecule has 0 fully saturated rings. The number of rotatable bonds is 3. The summed E-state index contributed by atoms with van der Waals surface area (Å²) in [7, 11) is 0. The summed E-state index contributed by atoms with van der Waals surface area (Å²) in [5.41, 5.74) is 0. The first kappa shape index (κ1) is 9.36. The van der Waals surface area contributed by atoms with Gasteiger partial charge >= 0.3 is 0 Å². The molecule has 4 heteroatoms. The molecule has 1 aromatic rings. The van der Waals surface area contributed by atoms with Crippen LogP contribution in [0.3, 0.4) is 0 Å². The van der Waals surface area contributed by atoms with Crippen LogP contribution < -0.4 is 0 Å². The average Bonchev–Trinajstić information content (AvgIpc) is 2.35. The minimum atomic E-state index is 0.612. The van der Waals surface area contributed by atoms with Gasteiger partial charge in [0.05, 0.1) is 0 Å². The summed E-state index contributed by atoms with van der Waals surface area (Å²) < 4.78 is 1.07. The predicted molar refractivity (Wildman–Crippen MR) is 52.7 cm³/mol. The van der Waals surface area contributed by atoms with E-state index in [9.17, 15) is 0 Å². The molecule has 1 atom stereocenters. The van der Waals surface area contributed by atoms with Crippen molar-refractivity contribution in [3.8, 4) is 0 Å². The molecule has 1 aromatic heterocycles. The molecule has 0 aromatic carbocycles. The Morgan fingerprint density at radius 3 is 3.00 bits per heavy atom. The fourth-order valence-electron chi connectivity index (χ4n) is 0.549. The number of aromatic nitrogens is 1.